The van der Waals surface area contributed by atoms with Crippen LogP contribution in [0.5, 0.6) is 5.75 Å². The summed E-state index contributed by atoms with van der Waals surface area (Å²) in [5.41, 5.74) is 3.61. The Morgan fingerprint density at radius 1 is 1.03 bits per heavy atom. The number of rotatable bonds is 5. The number of benzene rings is 2. The maximum absolute atomic E-state index is 13.5. The first kappa shape index (κ1) is 23.1. The van der Waals surface area contributed by atoms with Gasteiger partial charge in [-0.15, -0.1) is 0 Å². The van der Waals surface area contributed by atoms with Gasteiger partial charge in [0.05, 0.1) is 17.3 Å². The number of pyridine rings is 1. The van der Waals surface area contributed by atoms with E-state index in [1.165, 1.54) is 0 Å². The first-order valence-electron chi connectivity index (χ1n) is 12.3. The highest BCUT2D eigenvalue weighted by molar-refractivity contribution is 5.94. The number of imidazole rings is 1. The van der Waals surface area contributed by atoms with Crippen molar-refractivity contribution in [2.75, 3.05) is 6.54 Å². The predicted octanol–water partition coefficient (Wildman–Crippen LogP) is 5.50. The van der Waals surface area contributed by atoms with E-state index in [1.807, 2.05) is 35.0 Å². The molecule has 2 N–H and O–H groups in total. The summed E-state index contributed by atoms with van der Waals surface area (Å²) in [5, 5.41) is 17.9. The van der Waals surface area contributed by atoms with Crippen LogP contribution >= 0.6 is 0 Å². The average molecular weight is 502 g/mol. The number of aromatic nitrogens is 4. The summed E-state index contributed by atoms with van der Waals surface area (Å²) >= 11 is 0. The van der Waals surface area contributed by atoms with Gasteiger partial charge in [0.25, 0.3) is 5.91 Å². The number of aromatic hydroxyl groups is 1. The number of amides is 1. The van der Waals surface area contributed by atoms with Gasteiger partial charge in [0.2, 0.25) is 0 Å². The average Bonchev–Trinajstić information content (AvgIpc) is 3.54. The quantitative estimate of drug-likeness (QED) is 0.333. The molecule has 188 valence electrons. The van der Waals surface area contributed by atoms with Gasteiger partial charge in [-0.3, -0.25) is 9.48 Å². The molecule has 37 heavy (non-hydrogen) atoms. The van der Waals surface area contributed by atoms with Gasteiger partial charge in [0.1, 0.15) is 5.65 Å². The zero-order valence-corrected chi connectivity index (χ0v) is 19.9. The van der Waals surface area contributed by atoms with E-state index in [0.29, 0.717) is 6.54 Å². The zero-order valence-electron chi connectivity index (χ0n) is 19.9. The summed E-state index contributed by atoms with van der Waals surface area (Å²) in [5.74, 6) is -3.66. The standard InChI is InChI=1S/C28H25F2N5O2/c29-22-11-20(12-23(30)27(22)36)28(37)31-14-17-4-8-21(9-5-17)35-15-19-7-6-18(13-24(19)33-35)25-16-34-10-2-1-3-26(34)32-25/h1-3,6-7,10-13,15-17,21,36H,4-5,8-9,14H2,(H,31,37)/t17-,21-. The Labute approximate surface area is 211 Å². The Bertz CT molecular complexity index is 1560. The second-order valence-electron chi connectivity index (χ2n) is 9.65. The Balaban J connectivity index is 1.08. The molecule has 2 aromatic carbocycles. The molecule has 0 unspecified atom stereocenters. The molecule has 0 spiro atoms. The van der Waals surface area contributed by atoms with Crippen LogP contribution in [-0.2, 0) is 0 Å². The lowest BCUT2D eigenvalue weighted by Crippen LogP contribution is -2.31. The Morgan fingerprint density at radius 2 is 1.81 bits per heavy atom. The molecule has 5 aromatic rings. The molecular formula is C28H25F2N5O2. The highest BCUT2D eigenvalue weighted by Gasteiger charge is 2.24. The Morgan fingerprint density at radius 3 is 2.57 bits per heavy atom. The van der Waals surface area contributed by atoms with Crippen molar-refractivity contribution in [1.29, 1.82) is 0 Å². The molecule has 7 nitrogen and oxygen atoms in total. The Hall–Kier alpha value is -4.27. The van der Waals surface area contributed by atoms with Crippen LogP contribution < -0.4 is 5.32 Å². The lowest BCUT2D eigenvalue weighted by atomic mass is 9.86. The van der Waals surface area contributed by atoms with Crippen molar-refractivity contribution in [2.24, 2.45) is 5.92 Å². The van der Waals surface area contributed by atoms with Crippen molar-refractivity contribution < 1.29 is 18.7 Å². The van der Waals surface area contributed by atoms with Crippen LogP contribution in [0.25, 0.3) is 27.8 Å². The van der Waals surface area contributed by atoms with Crippen LogP contribution in [0.4, 0.5) is 8.78 Å². The molecular weight excluding hydrogens is 476 g/mol. The van der Waals surface area contributed by atoms with Crippen molar-refractivity contribution in [3.63, 3.8) is 0 Å². The number of phenolic OH excluding ortho intramolecular Hbond substituents is 1. The molecule has 0 radical (unpaired) electrons. The lowest BCUT2D eigenvalue weighted by Gasteiger charge is -2.28. The minimum Gasteiger partial charge on any atom is -0.503 e. The van der Waals surface area contributed by atoms with Gasteiger partial charge in [-0.1, -0.05) is 18.2 Å². The molecule has 1 amide bonds. The summed E-state index contributed by atoms with van der Waals surface area (Å²) < 4.78 is 31.1. The van der Waals surface area contributed by atoms with Crippen molar-refractivity contribution in [3.8, 4) is 17.0 Å². The van der Waals surface area contributed by atoms with E-state index in [-0.39, 0.29) is 17.5 Å². The maximum Gasteiger partial charge on any atom is 0.251 e. The number of carbonyl (C=O) groups is 1. The summed E-state index contributed by atoms with van der Waals surface area (Å²) in [6.45, 7) is 0.430. The molecule has 3 aromatic heterocycles. The molecule has 1 aliphatic carbocycles. The van der Waals surface area contributed by atoms with Gasteiger partial charge in [-0.25, -0.2) is 13.8 Å². The smallest absolute Gasteiger partial charge is 0.251 e. The zero-order chi connectivity index (χ0) is 25.5. The largest absolute Gasteiger partial charge is 0.503 e. The van der Waals surface area contributed by atoms with E-state index in [2.05, 4.69) is 34.4 Å². The highest BCUT2D eigenvalue weighted by atomic mass is 19.1. The van der Waals surface area contributed by atoms with E-state index >= 15 is 0 Å². The maximum atomic E-state index is 13.5. The normalized spacial score (nSPS) is 17.9. The van der Waals surface area contributed by atoms with E-state index in [9.17, 15) is 18.7 Å². The van der Waals surface area contributed by atoms with Crippen LogP contribution in [-0.4, -0.2) is 36.7 Å². The SMILES string of the molecule is O=C(NC[C@H]1CC[C@H](n2cc3ccc(-c4cn5ccccc5n4)cc3n2)CC1)c1cc(F)c(O)c(F)c1. The minimum atomic E-state index is -1.15. The summed E-state index contributed by atoms with van der Waals surface area (Å²) in [6.07, 6.45) is 9.75. The molecule has 3 heterocycles. The first-order valence-corrected chi connectivity index (χ1v) is 12.3. The fourth-order valence-electron chi connectivity index (χ4n) is 5.10. The lowest BCUT2D eigenvalue weighted by molar-refractivity contribution is 0.0940. The van der Waals surface area contributed by atoms with Gasteiger partial charge < -0.3 is 14.8 Å². The molecule has 1 aliphatic rings. The number of fused-ring (bicyclic) bond motifs is 2. The number of phenols is 1. The first-order chi connectivity index (χ1) is 17.9. The predicted molar refractivity (Wildman–Crippen MR) is 135 cm³/mol. The van der Waals surface area contributed by atoms with Gasteiger partial charge in [-0.2, -0.15) is 5.10 Å². The number of halogens is 2. The van der Waals surface area contributed by atoms with Crippen LogP contribution in [0.2, 0.25) is 0 Å². The number of hydrogen-bond donors (Lipinski definition) is 2. The molecule has 9 heteroatoms. The summed E-state index contributed by atoms with van der Waals surface area (Å²) in [4.78, 5) is 17.0. The topological polar surface area (TPSA) is 84.5 Å². The molecule has 1 fully saturated rings. The minimum absolute atomic E-state index is 0.146. The van der Waals surface area contributed by atoms with E-state index in [4.69, 9.17) is 10.1 Å². The number of carbonyl (C=O) groups excluding carboxylic acids is 1. The van der Waals surface area contributed by atoms with Crippen LogP contribution in [0, 0.1) is 17.6 Å². The van der Waals surface area contributed by atoms with Gasteiger partial charge in [-0.05, 0) is 61.9 Å². The second-order valence-corrected chi connectivity index (χ2v) is 9.65. The summed E-state index contributed by atoms with van der Waals surface area (Å²) in [6, 6.07) is 14.1. The fourth-order valence-corrected chi connectivity index (χ4v) is 5.10. The fraction of sp³-hybridized carbons (Fsp3) is 0.250. The van der Waals surface area contributed by atoms with Crippen molar-refractivity contribution in [2.45, 2.75) is 31.7 Å². The van der Waals surface area contributed by atoms with Crippen LogP contribution in [0.1, 0.15) is 42.1 Å². The number of hydrogen-bond acceptors (Lipinski definition) is 4. The Kier molecular flexibility index (Phi) is 5.82. The van der Waals surface area contributed by atoms with E-state index in [0.717, 1.165) is 65.6 Å². The van der Waals surface area contributed by atoms with Crippen LogP contribution in [0.15, 0.2) is 67.1 Å². The number of nitrogens with one attached hydrogen (secondary N) is 1. The molecule has 0 bridgehead atoms. The van der Waals surface area contributed by atoms with Crippen molar-refractivity contribution in [1.82, 2.24) is 24.5 Å². The van der Waals surface area contributed by atoms with Gasteiger partial charge in [0, 0.05) is 41.6 Å². The highest BCUT2D eigenvalue weighted by Crippen LogP contribution is 2.33. The molecule has 6 rings (SSSR count). The number of nitrogens with zero attached hydrogens (tertiary/aromatic N) is 4. The molecule has 1 saturated carbocycles. The van der Waals surface area contributed by atoms with Crippen molar-refractivity contribution >= 4 is 22.5 Å². The molecule has 0 aliphatic heterocycles. The molecule has 0 atom stereocenters. The van der Waals surface area contributed by atoms with E-state index < -0.39 is 23.3 Å². The second kappa shape index (κ2) is 9.31. The van der Waals surface area contributed by atoms with Crippen LogP contribution in [0.3, 0.4) is 0 Å². The summed E-state index contributed by atoms with van der Waals surface area (Å²) in [7, 11) is 0. The third-order valence-corrected chi connectivity index (χ3v) is 7.21. The van der Waals surface area contributed by atoms with Crippen molar-refractivity contribution in [3.05, 3.63) is 84.3 Å². The van der Waals surface area contributed by atoms with Gasteiger partial charge >= 0.3 is 0 Å². The van der Waals surface area contributed by atoms with E-state index in [1.54, 1.807) is 0 Å². The van der Waals surface area contributed by atoms with Gasteiger partial charge in [0.15, 0.2) is 17.4 Å². The monoisotopic (exact) mass is 501 g/mol. The third kappa shape index (κ3) is 4.52. The molecule has 0 saturated heterocycles. The third-order valence-electron chi connectivity index (χ3n) is 7.21.